The van der Waals surface area contributed by atoms with Gasteiger partial charge in [0.25, 0.3) is 0 Å². The lowest BCUT2D eigenvalue weighted by Crippen LogP contribution is -2.54. The quantitative estimate of drug-likeness (QED) is 0.550. The Morgan fingerprint density at radius 1 is 0.710 bits per heavy atom. The summed E-state index contributed by atoms with van der Waals surface area (Å²) < 4.78 is 29.6. The number of fused-ring (bicyclic) bond motifs is 13. The molecule has 0 aliphatic carbocycles. The van der Waals surface area contributed by atoms with Crippen LogP contribution in [0.2, 0.25) is 0 Å². The molecule has 4 aliphatic heterocycles. The summed E-state index contributed by atoms with van der Waals surface area (Å²) in [6, 6.07) is 0. The number of carbonyl (C=O) groups is 1. The highest BCUT2D eigenvalue weighted by atomic mass is 16.7. The number of esters is 1. The predicted molar refractivity (Wildman–Crippen MR) is 112 cm³/mol. The largest absolute Gasteiger partial charge is 0.459 e. The van der Waals surface area contributed by atoms with Gasteiger partial charge >= 0.3 is 5.97 Å². The van der Waals surface area contributed by atoms with Gasteiger partial charge < -0.3 is 33.9 Å². The van der Waals surface area contributed by atoms with Crippen LogP contribution in [0.15, 0.2) is 0 Å². The average Bonchev–Trinajstić information content (AvgIpc) is 2.70. The van der Waals surface area contributed by atoms with E-state index in [0.717, 1.165) is 44.9 Å². The molecule has 31 heavy (non-hydrogen) atoms. The summed E-state index contributed by atoms with van der Waals surface area (Å²) in [6.45, 7) is 5.66. The molecule has 2 bridgehead atoms. The highest BCUT2D eigenvalue weighted by molar-refractivity contribution is 5.69. The van der Waals surface area contributed by atoms with Gasteiger partial charge in [-0.1, -0.05) is 32.1 Å². The monoisotopic (exact) mass is 444 g/mol. The maximum Gasteiger partial charge on any atom is 0.306 e. The highest BCUT2D eigenvalue weighted by Crippen LogP contribution is 2.31. The molecule has 4 aliphatic rings. The number of aliphatic hydroxyl groups is 2. The SMILES string of the molecule is C[C@@H]1O[C@H]2O[C@@H](C)CCCCCCCCC(=O)O[C@@H]3C[C@@H](O)[C@@H](O[C@H]3C)O[C@@H]2C[C@H]1O. The third-order valence-electron chi connectivity index (χ3n) is 6.53. The van der Waals surface area contributed by atoms with Gasteiger partial charge in [-0.25, -0.2) is 0 Å². The van der Waals surface area contributed by atoms with Crippen molar-refractivity contribution in [3.05, 3.63) is 0 Å². The second-order valence-corrected chi connectivity index (χ2v) is 9.33. The lowest BCUT2D eigenvalue weighted by molar-refractivity contribution is -0.337. The van der Waals surface area contributed by atoms with Crippen LogP contribution in [0.3, 0.4) is 0 Å². The smallest absolute Gasteiger partial charge is 0.306 e. The second-order valence-electron chi connectivity index (χ2n) is 9.33. The van der Waals surface area contributed by atoms with E-state index in [1.807, 2.05) is 20.8 Å². The van der Waals surface area contributed by atoms with Crippen LogP contribution < -0.4 is 0 Å². The maximum absolute atomic E-state index is 12.2. The zero-order chi connectivity index (χ0) is 22.4. The van der Waals surface area contributed by atoms with Gasteiger partial charge in [0.1, 0.15) is 18.3 Å². The van der Waals surface area contributed by atoms with Crippen LogP contribution in [0.25, 0.3) is 0 Å². The molecule has 4 saturated heterocycles. The van der Waals surface area contributed by atoms with E-state index in [0.29, 0.717) is 12.8 Å². The first-order valence-electron chi connectivity index (χ1n) is 12.0. The second kappa shape index (κ2) is 11.9. The van der Waals surface area contributed by atoms with Gasteiger partial charge in [-0.15, -0.1) is 0 Å². The van der Waals surface area contributed by atoms with Crippen LogP contribution in [0.1, 0.15) is 85.0 Å². The summed E-state index contributed by atoms with van der Waals surface area (Å²) >= 11 is 0. The molecular formula is C23H40O8. The van der Waals surface area contributed by atoms with Gasteiger partial charge in [0.2, 0.25) is 0 Å². The van der Waals surface area contributed by atoms with E-state index in [1.165, 1.54) is 0 Å². The van der Waals surface area contributed by atoms with Crippen molar-refractivity contribution in [1.29, 1.82) is 0 Å². The molecular weight excluding hydrogens is 404 g/mol. The minimum Gasteiger partial charge on any atom is -0.459 e. The van der Waals surface area contributed by atoms with Gasteiger partial charge in [-0.05, 0) is 33.6 Å². The van der Waals surface area contributed by atoms with Crippen molar-refractivity contribution in [3.8, 4) is 0 Å². The van der Waals surface area contributed by atoms with Crippen LogP contribution in [0, 0.1) is 0 Å². The van der Waals surface area contributed by atoms with E-state index in [2.05, 4.69) is 0 Å². The number of hydrogen-bond donors (Lipinski definition) is 2. The predicted octanol–water partition coefficient (Wildman–Crippen LogP) is 2.81. The third-order valence-corrected chi connectivity index (χ3v) is 6.53. The standard InChI is InChI=1S/C23H40O8/c1-14-10-8-6-4-5-7-9-11-21(26)30-19-13-18(25)22(29-16(19)3)31-20-12-17(24)15(2)28-23(20)27-14/h14-20,22-25H,4-13H2,1-3H3/t14-,15-,16-,17+,18+,19+,20+,22-,23+/m0/s1. The number of hydrogen-bond acceptors (Lipinski definition) is 8. The third kappa shape index (κ3) is 7.37. The van der Waals surface area contributed by atoms with E-state index in [9.17, 15) is 15.0 Å². The molecule has 0 aromatic carbocycles. The maximum atomic E-state index is 12.2. The van der Waals surface area contributed by atoms with Crippen molar-refractivity contribution < 1.29 is 38.7 Å². The minimum absolute atomic E-state index is 0.00727. The summed E-state index contributed by atoms with van der Waals surface area (Å²) in [5.74, 6) is -0.245. The Balaban J connectivity index is 1.69. The van der Waals surface area contributed by atoms with Gasteiger partial charge in [0.05, 0.1) is 24.4 Å². The van der Waals surface area contributed by atoms with E-state index in [4.69, 9.17) is 23.7 Å². The molecule has 0 unspecified atom stereocenters. The molecule has 8 nitrogen and oxygen atoms in total. The van der Waals surface area contributed by atoms with Crippen molar-refractivity contribution in [1.82, 2.24) is 0 Å². The average molecular weight is 445 g/mol. The Kier molecular flexibility index (Phi) is 9.55. The van der Waals surface area contributed by atoms with E-state index >= 15 is 0 Å². The van der Waals surface area contributed by atoms with E-state index < -0.39 is 43.1 Å². The van der Waals surface area contributed by atoms with Crippen molar-refractivity contribution in [3.63, 3.8) is 0 Å². The Hall–Kier alpha value is -0.770. The van der Waals surface area contributed by atoms with Crippen molar-refractivity contribution in [2.24, 2.45) is 0 Å². The lowest BCUT2D eigenvalue weighted by Gasteiger charge is -2.43. The van der Waals surface area contributed by atoms with E-state index in [1.54, 1.807) is 0 Å². The fourth-order valence-corrected chi connectivity index (χ4v) is 4.47. The summed E-state index contributed by atoms with van der Waals surface area (Å²) in [5.41, 5.74) is 0. The number of ether oxygens (including phenoxy) is 5. The fraction of sp³-hybridized carbons (Fsp3) is 0.957. The number of rotatable bonds is 0. The van der Waals surface area contributed by atoms with Gasteiger partial charge in [0, 0.05) is 19.3 Å². The molecule has 0 aromatic rings. The number of aliphatic hydroxyl groups excluding tert-OH is 2. The highest BCUT2D eigenvalue weighted by Gasteiger charge is 2.43. The minimum atomic E-state index is -0.953. The van der Waals surface area contributed by atoms with Gasteiger partial charge in [-0.2, -0.15) is 0 Å². The molecule has 0 amide bonds. The molecule has 8 heteroatoms. The Labute approximate surface area is 185 Å². The van der Waals surface area contributed by atoms with E-state index in [-0.39, 0.29) is 24.6 Å². The first-order chi connectivity index (χ1) is 14.8. The van der Waals surface area contributed by atoms with Crippen LogP contribution in [-0.4, -0.2) is 71.5 Å². The van der Waals surface area contributed by atoms with Crippen molar-refractivity contribution in [2.75, 3.05) is 0 Å². The summed E-state index contributed by atoms with van der Waals surface area (Å²) in [7, 11) is 0. The van der Waals surface area contributed by atoms with Crippen LogP contribution in [0.4, 0.5) is 0 Å². The molecule has 4 fully saturated rings. The molecule has 0 spiro atoms. The van der Waals surface area contributed by atoms with Gasteiger partial charge in [0.15, 0.2) is 12.6 Å². The molecule has 0 aromatic heterocycles. The zero-order valence-corrected chi connectivity index (χ0v) is 19.1. The molecule has 0 saturated carbocycles. The summed E-state index contributed by atoms with van der Waals surface area (Å²) in [6.07, 6.45) is 3.08. The molecule has 4 heterocycles. The fourth-order valence-electron chi connectivity index (χ4n) is 4.47. The van der Waals surface area contributed by atoms with Crippen molar-refractivity contribution in [2.45, 2.75) is 140 Å². The summed E-state index contributed by atoms with van der Waals surface area (Å²) in [5, 5.41) is 20.9. The Morgan fingerprint density at radius 3 is 2.13 bits per heavy atom. The topological polar surface area (TPSA) is 104 Å². The Bertz CT molecular complexity index is 558. The first-order valence-corrected chi connectivity index (χ1v) is 12.0. The molecule has 2 N–H and O–H groups in total. The number of carbonyl (C=O) groups excluding carboxylic acids is 1. The van der Waals surface area contributed by atoms with Gasteiger partial charge in [-0.3, -0.25) is 4.79 Å². The molecule has 180 valence electrons. The van der Waals surface area contributed by atoms with Crippen LogP contribution in [-0.2, 0) is 28.5 Å². The molecule has 4 rings (SSSR count). The first kappa shape index (κ1) is 24.9. The zero-order valence-electron chi connectivity index (χ0n) is 19.1. The molecule has 0 radical (unpaired) electrons. The Morgan fingerprint density at radius 2 is 1.35 bits per heavy atom. The summed E-state index contributed by atoms with van der Waals surface area (Å²) in [4.78, 5) is 12.2. The normalized spacial score (nSPS) is 44.4. The molecule has 9 atom stereocenters. The van der Waals surface area contributed by atoms with Crippen LogP contribution >= 0.6 is 0 Å². The van der Waals surface area contributed by atoms with Crippen molar-refractivity contribution >= 4 is 5.97 Å². The van der Waals surface area contributed by atoms with Crippen LogP contribution in [0.5, 0.6) is 0 Å². The lowest BCUT2D eigenvalue weighted by atomic mass is 10.0.